The van der Waals surface area contributed by atoms with E-state index in [9.17, 15) is 9.90 Å². The number of aliphatic hydroxyl groups excluding tert-OH is 1. The number of hydrogen-bond donors (Lipinski definition) is 3. The Balaban J connectivity index is 3.44. The number of amides is 1. The number of nitrogens with one attached hydrogen (secondary N) is 2. The van der Waals surface area contributed by atoms with E-state index in [1.54, 1.807) is 6.92 Å². The zero-order valence-electron chi connectivity index (χ0n) is 9.34. The maximum absolute atomic E-state index is 10.9. The largest absolute Gasteiger partial charge is 0.372 e. The molecule has 0 saturated carbocycles. The molecule has 0 bridgehead atoms. The Labute approximate surface area is 86.1 Å². The summed E-state index contributed by atoms with van der Waals surface area (Å²) < 4.78 is 0. The number of carbonyl (C=O) groups excluding carboxylic acids is 1. The fourth-order valence-electron chi connectivity index (χ4n) is 0.950. The summed E-state index contributed by atoms with van der Waals surface area (Å²) in [6.07, 6.45) is 0.749. The van der Waals surface area contributed by atoms with Gasteiger partial charge in [0.05, 0.1) is 0 Å². The zero-order chi connectivity index (χ0) is 11.0. The van der Waals surface area contributed by atoms with Gasteiger partial charge in [0.1, 0.15) is 6.23 Å². The second-order valence-electron chi connectivity index (χ2n) is 3.61. The summed E-state index contributed by atoms with van der Waals surface area (Å²) >= 11 is 0. The van der Waals surface area contributed by atoms with Gasteiger partial charge in [0.2, 0.25) is 5.91 Å². The van der Waals surface area contributed by atoms with Crippen molar-refractivity contribution >= 4 is 5.91 Å². The van der Waals surface area contributed by atoms with Crippen LogP contribution in [0.4, 0.5) is 0 Å². The van der Waals surface area contributed by atoms with Gasteiger partial charge in [0.25, 0.3) is 0 Å². The minimum absolute atomic E-state index is 0.122. The number of rotatable bonds is 7. The van der Waals surface area contributed by atoms with E-state index < -0.39 is 6.23 Å². The molecular formula is C10H22N2O2. The molecule has 4 nitrogen and oxygen atoms in total. The molecule has 0 saturated heterocycles. The highest BCUT2D eigenvalue weighted by molar-refractivity contribution is 5.75. The Hall–Kier alpha value is -0.610. The van der Waals surface area contributed by atoms with Crippen molar-refractivity contribution in [2.24, 2.45) is 5.92 Å². The van der Waals surface area contributed by atoms with Crippen LogP contribution < -0.4 is 10.6 Å². The van der Waals surface area contributed by atoms with Crippen LogP contribution in [0.3, 0.4) is 0 Å². The molecule has 0 spiro atoms. The smallest absolute Gasteiger partial charge is 0.221 e. The van der Waals surface area contributed by atoms with Crippen molar-refractivity contribution in [3.8, 4) is 0 Å². The van der Waals surface area contributed by atoms with Gasteiger partial charge in [-0.2, -0.15) is 0 Å². The van der Waals surface area contributed by atoms with E-state index in [0.29, 0.717) is 18.9 Å². The molecule has 0 aromatic heterocycles. The van der Waals surface area contributed by atoms with Gasteiger partial charge in [0, 0.05) is 13.0 Å². The third-order valence-corrected chi connectivity index (χ3v) is 2.18. The first-order chi connectivity index (χ1) is 6.60. The molecule has 0 aromatic rings. The molecule has 0 aliphatic rings. The number of carbonyl (C=O) groups is 1. The predicted molar refractivity (Wildman–Crippen MR) is 56.8 cm³/mol. The first-order valence-electron chi connectivity index (χ1n) is 5.28. The van der Waals surface area contributed by atoms with Crippen molar-refractivity contribution in [3.63, 3.8) is 0 Å². The van der Waals surface area contributed by atoms with Gasteiger partial charge in [-0.3, -0.25) is 4.79 Å². The minimum atomic E-state index is -0.772. The molecule has 0 rings (SSSR count). The van der Waals surface area contributed by atoms with Gasteiger partial charge in [-0.05, 0) is 12.5 Å². The van der Waals surface area contributed by atoms with Gasteiger partial charge >= 0.3 is 0 Å². The summed E-state index contributed by atoms with van der Waals surface area (Å²) in [4.78, 5) is 10.9. The van der Waals surface area contributed by atoms with E-state index in [4.69, 9.17) is 0 Å². The molecule has 2 unspecified atom stereocenters. The van der Waals surface area contributed by atoms with E-state index >= 15 is 0 Å². The summed E-state index contributed by atoms with van der Waals surface area (Å²) in [6, 6.07) is 0. The van der Waals surface area contributed by atoms with E-state index in [2.05, 4.69) is 24.5 Å². The summed E-state index contributed by atoms with van der Waals surface area (Å²) in [7, 11) is 0. The SMILES string of the molecule is CCC(=O)NC(O)CNCC(C)CC. The second kappa shape index (κ2) is 7.76. The summed E-state index contributed by atoms with van der Waals surface area (Å²) in [5.41, 5.74) is 0. The maximum atomic E-state index is 10.9. The Kier molecular flexibility index (Phi) is 7.42. The molecule has 84 valence electrons. The van der Waals surface area contributed by atoms with E-state index in [0.717, 1.165) is 13.0 Å². The van der Waals surface area contributed by atoms with Crippen LogP contribution in [0.5, 0.6) is 0 Å². The Morgan fingerprint density at radius 1 is 1.36 bits per heavy atom. The molecule has 4 heteroatoms. The van der Waals surface area contributed by atoms with Crippen LogP contribution in [0.15, 0.2) is 0 Å². The maximum Gasteiger partial charge on any atom is 0.221 e. The molecule has 0 fully saturated rings. The Morgan fingerprint density at radius 2 is 2.00 bits per heavy atom. The van der Waals surface area contributed by atoms with Gasteiger partial charge in [-0.15, -0.1) is 0 Å². The minimum Gasteiger partial charge on any atom is -0.372 e. The lowest BCUT2D eigenvalue weighted by molar-refractivity contribution is -0.123. The van der Waals surface area contributed by atoms with Crippen molar-refractivity contribution in [2.45, 2.75) is 39.8 Å². The number of aliphatic hydroxyl groups is 1. The highest BCUT2D eigenvalue weighted by atomic mass is 16.3. The van der Waals surface area contributed by atoms with Crippen LogP contribution in [0.1, 0.15) is 33.6 Å². The highest BCUT2D eigenvalue weighted by Crippen LogP contribution is 1.96. The lowest BCUT2D eigenvalue weighted by Crippen LogP contribution is -2.42. The molecule has 0 aliphatic heterocycles. The first kappa shape index (κ1) is 13.4. The van der Waals surface area contributed by atoms with E-state index in [1.807, 2.05) is 0 Å². The third kappa shape index (κ3) is 6.86. The molecule has 0 aliphatic carbocycles. The third-order valence-electron chi connectivity index (χ3n) is 2.18. The van der Waals surface area contributed by atoms with Gasteiger partial charge in [0.15, 0.2) is 0 Å². The average Bonchev–Trinajstić information content (AvgIpc) is 2.17. The molecule has 0 radical (unpaired) electrons. The van der Waals surface area contributed by atoms with Crippen molar-refractivity contribution in [2.75, 3.05) is 13.1 Å². The van der Waals surface area contributed by atoms with Gasteiger partial charge in [-0.1, -0.05) is 27.2 Å². The average molecular weight is 202 g/mol. The molecule has 0 aromatic carbocycles. The van der Waals surface area contributed by atoms with Crippen LogP contribution in [0.2, 0.25) is 0 Å². The fourth-order valence-corrected chi connectivity index (χ4v) is 0.950. The van der Waals surface area contributed by atoms with Crippen LogP contribution in [0, 0.1) is 5.92 Å². The van der Waals surface area contributed by atoms with Crippen molar-refractivity contribution in [1.29, 1.82) is 0 Å². The lowest BCUT2D eigenvalue weighted by atomic mass is 10.1. The second-order valence-corrected chi connectivity index (χ2v) is 3.61. The molecular weight excluding hydrogens is 180 g/mol. The Bertz CT molecular complexity index is 162. The van der Waals surface area contributed by atoms with Crippen molar-refractivity contribution in [3.05, 3.63) is 0 Å². The van der Waals surface area contributed by atoms with E-state index in [-0.39, 0.29) is 5.91 Å². The summed E-state index contributed by atoms with van der Waals surface area (Å²) in [5, 5.41) is 14.9. The predicted octanol–water partition coefficient (Wildman–Crippen LogP) is 0.467. The first-order valence-corrected chi connectivity index (χ1v) is 5.28. The van der Waals surface area contributed by atoms with Gasteiger partial charge in [-0.25, -0.2) is 0 Å². The van der Waals surface area contributed by atoms with Crippen LogP contribution in [0.25, 0.3) is 0 Å². The molecule has 14 heavy (non-hydrogen) atoms. The molecule has 0 heterocycles. The normalized spacial score (nSPS) is 14.9. The summed E-state index contributed by atoms with van der Waals surface area (Å²) in [5.74, 6) is 0.479. The molecule has 3 N–H and O–H groups in total. The van der Waals surface area contributed by atoms with Crippen molar-refractivity contribution < 1.29 is 9.90 Å². The van der Waals surface area contributed by atoms with Crippen LogP contribution in [-0.2, 0) is 4.79 Å². The topological polar surface area (TPSA) is 61.4 Å². The van der Waals surface area contributed by atoms with E-state index in [1.165, 1.54) is 0 Å². The molecule has 2 atom stereocenters. The van der Waals surface area contributed by atoms with Crippen molar-refractivity contribution in [1.82, 2.24) is 10.6 Å². The molecule has 1 amide bonds. The monoisotopic (exact) mass is 202 g/mol. The number of hydrogen-bond acceptors (Lipinski definition) is 3. The summed E-state index contributed by atoms with van der Waals surface area (Å²) in [6.45, 7) is 7.31. The Morgan fingerprint density at radius 3 is 2.50 bits per heavy atom. The quantitative estimate of drug-likeness (QED) is 0.526. The highest BCUT2D eigenvalue weighted by Gasteiger charge is 2.06. The van der Waals surface area contributed by atoms with Crippen LogP contribution >= 0.6 is 0 Å². The fraction of sp³-hybridized carbons (Fsp3) is 0.900. The van der Waals surface area contributed by atoms with Gasteiger partial charge < -0.3 is 15.7 Å². The standard InChI is InChI=1S/C10H22N2O2/c1-4-8(3)6-11-7-10(14)12-9(13)5-2/h8,10-11,14H,4-7H2,1-3H3,(H,12,13). The van der Waals surface area contributed by atoms with Crippen LogP contribution in [-0.4, -0.2) is 30.3 Å². The lowest BCUT2D eigenvalue weighted by Gasteiger charge is -2.15. The zero-order valence-corrected chi connectivity index (χ0v) is 9.34.